The highest BCUT2D eigenvalue weighted by atomic mass is 35.5. The maximum absolute atomic E-state index is 12.3. The molecule has 5 heteroatoms. The smallest absolute Gasteiger partial charge is 0.234 e. The van der Waals surface area contributed by atoms with Crippen LogP contribution in [0.1, 0.15) is 38.7 Å². The molecule has 1 aliphatic rings. The Labute approximate surface area is 149 Å². The van der Waals surface area contributed by atoms with Crippen molar-refractivity contribution in [1.82, 2.24) is 10.2 Å². The molecule has 1 amide bonds. The summed E-state index contributed by atoms with van der Waals surface area (Å²) >= 11 is 12.1. The Balaban J connectivity index is 1.84. The summed E-state index contributed by atoms with van der Waals surface area (Å²) < 4.78 is 0. The molecule has 128 valence electrons. The number of nitrogens with zero attached hydrogens (tertiary/aromatic N) is 1. The number of hydrogen-bond donors (Lipinski definition) is 1. The molecule has 0 saturated heterocycles. The summed E-state index contributed by atoms with van der Waals surface area (Å²) in [6, 6.07) is 5.77. The van der Waals surface area contributed by atoms with Crippen molar-refractivity contribution in [3.8, 4) is 0 Å². The summed E-state index contributed by atoms with van der Waals surface area (Å²) in [6.45, 7) is 5.51. The number of carbonyl (C=O) groups excluding carboxylic acids is 1. The Hall–Kier alpha value is -0.770. The number of carbonyl (C=O) groups is 1. The third-order valence-corrected chi connectivity index (χ3v) is 5.51. The van der Waals surface area contributed by atoms with Crippen LogP contribution in [0.3, 0.4) is 0 Å². The van der Waals surface area contributed by atoms with Gasteiger partial charge in [0.1, 0.15) is 0 Å². The van der Waals surface area contributed by atoms with Gasteiger partial charge in [0, 0.05) is 22.6 Å². The fraction of sp³-hybridized carbons (Fsp3) is 0.611. The highest BCUT2D eigenvalue weighted by molar-refractivity contribution is 6.35. The van der Waals surface area contributed by atoms with Crippen LogP contribution < -0.4 is 5.32 Å². The van der Waals surface area contributed by atoms with Gasteiger partial charge in [0.15, 0.2) is 0 Å². The Morgan fingerprint density at radius 1 is 1.30 bits per heavy atom. The van der Waals surface area contributed by atoms with Gasteiger partial charge in [-0.25, -0.2) is 0 Å². The topological polar surface area (TPSA) is 32.3 Å². The number of benzene rings is 1. The SMILES string of the molecule is C[C@H]1[C@H](C)CCC[C@H]1NC(=O)CN(C)Cc1ccc(Cl)cc1Cl. The summed E-state index contributed by atoms with van der Waals surface area (Å²) in [7, 11) is 1.93. The van der Waals surface area contributed by atoms with Gasteiger partial charge in [0.2, 0.25) is 5.91 Å². The molecule has 2 rings (SSSR count). The molecular weight excluding hydrogens is 331 g/mol. The molecule has 1 aliphatic carbocycles. The van der Waals surface area contributed by atoms with Crippen molar-refractivity contribution in [2.75, 3.05) is 13.6 Å². The minimum atomic E-state index is 0.0866. The van der Waals surface area contributed by atoms with Crippen LogP contribution in [0.2, 0.25) is 10.0 Å². The lowest BCUT2D eigenvalue weighted by Crippen LogP contribution is -2.46. The zero-order chi connectivity index (χ0) is 17.0. The molecule has 0 unspecified atom stereocenters. The first-order valence-corrected chi connectivity index (χ1v) is 9.04. The molecule has 0 radical (unpaired) electrons. The van der Waals surface area contributed by atoms with Gasteiger partial charge in [0.05, 0.1) is 6.54 Å². The Morgan fingerprint density at radius 3 is 2.74 bits per heavy atom. The van der Waals surface area contributed by atoms with E-state index in [0.29, 0.717) is 41.0 Å². The van der Waals surface area contributed by atoms with E-state index in [-0.39, 0.29) is 5.91 Å². The van der Waals surface area contributed by atoms with Crippen molar-refractivity contribution in [1.29, 1.82) is 0 Å². The van der Waals surface area contributed by atoms with E-state index >= 15 is 0 Å². The van der Waals surface area contributed by atoms with E-state index in [4.69, 9.17) is 23.2 Å². The van der Waals surface area contributed by atoms with Crippen molar-refractivity contribution in [2.45, 2.75) is 45.7 Å². The molecule has 0 bridgehead atoms. The fourth-order valence-electron chi connectivity index (χ4n) is 3.28. The Kier molecular flexibility index (Phi) is 6.75. The molecule has 1 saturated carbocycles. The van der Waals surface area contributed by atoms with Crippen molar-refractivity contribution in [3.05, 3.63) is 33.8 Å². The third kappa shape index (κ3) is 5.37. The second-order valence-electron chi connectivity index (χ2n) is 6.85. The molecule has 0 aromatic heterocycles. The van der Waals surface area contributed by atoms with Crippen LogP contribution in [0.4, 0.5) is 0 Å². The van der Waals surface area contributed by atoms with Gasteiger partial charge in [-0.15, -0.1) is 0 Å². The van der Waals surface area contributed by atoms with Gasteiger partial charge in [-0.1, -0.05) is 56.0 Å². The molecule has 23 heavy (non-hydrogen) atoms. The van der Waals surface area contributed by atoms with E-state index < -0.39 is 0 Å². The Morgan fingerprint density at radius 2 is 2.04 bits per heavy atom. The number of hydrogen-bond acceptors (Lipinski definition) is 2. The van der Waals surface area contributed by atoms with Crippen LogP contribution in [0, 0.1) is 11.8 Å². The summed E-state index contributed by atoms with van der Waals surface area (Å²) in [5.41, 5.74) is 0.978. The van der Waals surface area contributed by atoms with Crippen molar-refractivity contribution >= 4 is 29.1 Å². The average molecular weight is 357 g/mol. The lowest BCUT2D eigenvalue weighted by molar-refractivity contribution is -0.123. The van der Waals surface area contributed by atoms with Crippen LogP contribution >= 0.6 is 23.2 Å². The van der Waals surface area contributed by atoms with Gasteiger partial charge in [-0.2, -0.15) is 0 Å². The standard InChI is InChI=1S/C18H26Cl2N2O/c1-12-5-4-6-17(13(12)2)21-18(23)11-22(3)10-14-7-8-15(19)9-16(14)20/h7-9,12-13,17H,4-6,10-11H2,1-3H3,(H,21,23)/t12-,13+,17-/m1/s1. The predicted molar refractivity (Wildman–Crippen MR) is 96.9 cm³/mol. The van der Waals surface area contributed by atoms with Crippen LogP contribution in [0.15, 0.2) is 18.2 Å². The van der Waals surface area contributed by atoms with Crippen LogP contribution in [0.5, 0.6) is 0 Å². The zero-order valence-corrected chi connectivity index (χ0v) is 15.6. The van der Waals surface area contributed by atoms with E-state index in [0.717, 1.165) is 12.0 Å². The molecule has 1 aromatic carbocycles. The second kappa shape index (κ2) is 8.36. The highest BCUT2D eigenvalue weighted by Gasteiger charge is 2.28. The highest BCUT2D eigenvalue weighted by Crippen LogP contribution is 2.29. The summed E-state index contributed by atoms with van der Waals surface area (Å²) in [6.07, 6.45) is 3.55. The maximum atomic E-state index is 12.3. The van der Waals surface area contributed by atoms with E-state index in [1.165, 1.54) is 12.8 Å². The second-order valence-corrected chi connectivity index (χ2v) is 7.69. The molecule has 1 fully saturated rings. The molecule has 0 heterocycles. The van der Waals surface area contributed by atoms with Gasteiger partial charge < -0.3 is 5.32 Å². The van der Waals surface area contributed by atoms with Gasteiger partial charge in [-0.3, -0.25) is 9.69 Å². The monoisotopic (exact) mass is 356 g/mol. The molecule has 3 atom stereocenters. The number of likely N-dealkylation sites (N-methyl/N-ethyl adjacent to an activating group) is 1. The van der Waals surface area contributed by atoms with E-state index in [2.05, 4.69) is 19.2 Å². The van der Waals surface area contributed by atoms with Gasteiger partial charge >= 0.3 is 0 Å². The van der Waals surface area contributed by atoms with Crippen molar-refractivity contribution in [2.24, 2.45) is 11.8 Å². The fourth-order valence-corrected chi connectivity index (χ4v) is 3.75. The summed E-state index contributed by atoms with van der Waals surface area (Å²) in [5, 5.41) is 4.47. The van der Waals surface area contributed by atoms with Crippen molar-refractivity contribution < 1.29 is 4.79 Å². The first-order valence-electron chi connectivity index (χ1n) is 8.28. The first-order chi connectivity index (χ1) is 10.9. The van der Waals surface area contributed by atoms with E-state index in [9.17, 15) is 4.79 Å². The van der Waals surface area contributed by atoms with Crippen LogP contribution in [-0.2, 0) is 11.3 Å². The number of halogens is 2. The average Bonchev–Trinajstić information content (AvgIpc) is 2.47. The Bertz CT molecular complexity index is 550. The predicted octanol–water partition coefficient (Wildman–Crippen LogP) is 4.37. The number of rotatable bonds is 5. The van der Waals surface area contributed by atoms with E-state index in [1.807, 2.05) is 24.1 Å². The first kappa shape index (κ1) is 18.6. The van der Waals surface area contributed by atoms with Crippen LogP contribution in [0.25, 0.3) is 0 Å². The molecule has 3 nitrogen and oxygen atoms in total. The lowest BCUT2D eigenvalue weighted by atomic mass is 9.78. The molecule has 0 spiro atoms. The van der Waals surface area contributed by atoms with Gasteiger partial charge in [0.25, 0.3) is 0 Å². The molecule has 1 N–H and O–H groups in total. The minimum Gasteiger partial charge on any atom is -0.352 e. The third-order valence-electron chi connectivity index (χ3n) is 4.92. The molecular formula is C18H26Cl2N2O. The number of nitrogens with one attached hydrogen (secondary N) is 1. The molecule has 0 aliphatic heterocycles. The van der Waals surface area contributed by atoms with Crippen LogP contribution in [-0.4, -0.2) is 30.4 Å². The summed E-state index contributed by atoms with van der Waals surface area (Å²) in [4.78, 5) is 14.3. The largest absolute Gasteiger partial charge is 0.352 e. The number of amides is 1. The normalized spacial score (nSPS) is 24.7. The van der Waals surface area contributed by atoms with Crippen molar-refractivity contribution in [3.63, 3.8) is 0 Å². The molecule has 1 aromatic rings. The maximum Gasteiger partial charge on any atom is 0.234 e. The lowest BCUT2D eigenvalue weighted by Gasteiger charge is -2.35. The zero-order valence-electron chi connectivity index (χ0n) is 14.1. The summed E-state index contributed by atoms with van der Waals surface area (Å²) in [5.74, 6) is 1.31. The minimum absolute atomic E-state index is 0.0866. The van der Waals surface area contributed by atoms with E-state index in [1.54, 1.807) is 6.07 Å². The van der Waals surface area contributed by atoms with Gasteiger partial charge in [-0.05, 0) is 43.0 Å². The quantitative estimate of drug-likeness (QED) is 0.849.